The van der Waals surface area contributed by atoms with Gasteiger partial charge in [0, 0.05) is 4.47 Å². The highest BCUT2D eigenvalue weighted by molar-refractivity contribution is 9.10. The summed E-state index contributed by atoms with van der Waals surface area (Å²) in [6.45, 7) is 1.63. The van der Waals surface area contributed by atoms with Crippen LogP contribution in [0.4, 0.5) is 5.69 Å². The summed E-state index contributed by atoms with van der Waals surface area (Å²) in [4.78, 5) is 6.14. The Kier molecular flexibility index (Phi) is 6.16. The Balaban J connectivity index is 1.54. The number of rotatable bonds is 6. The summed E-state index contributed by atoms with van der Waals surface area (Å²) in [5, 5.41) is 1.99. The van der Waals surface area contributed by atoms with E-state index < -0.39 is 0 Å². The molecule has 144 valence electrons. The van der Waals surface area contributed by atoms with E-state index in [-0.39, 0.29) is 10.4 Å². The molecule has 5 heteroatoms. The van der Waals surface area contributed by atoms with Gasteiger partial charge in [-0.2, -0.15) is 0 Å². The van der Waals surface area contributed by atoms with Gasteiger partial charge in [-0.3, -0.25) is 4.84 Å². The van der Waals surface area contributed by atoms with Crippen LogP contribution in [-0.2, 0) is 16.2 Å². The highest BCUT2D eigenvalue weighted by Crippen LogP contribution is 2.46. The Bertz CT molecular complexity index is 889. The first kappa shape index (κ1) is 19.6. The number of benzene rings is 3. The predicted octanol–water partition coefficient (Wildman–Crippen LogP) is 6.29. The van der Waals surface area contributed by atoms with Gasteiger partial charge in [-0.1, -0.05) is 92.5 Å². The van der Waals surface area contributed by atoms with E-state index in [9.17, 15) is 0 Å². The minimum Gasteiger partial charge on any atom is -0.375 e. The zero-order chi connectivity index (χ0) is 19.4. The number of hydrogen-bond donors (Lipinski definition) is 0. The van der Waals surface area contributed by atoms with Gasteiger partial charge in [0.15, 0.2) is 0 Å². The summed E-state index contributed by atoms with van der Waals surface area (Å²) in [7, 11) is 0. The van der Waals surface area contributed by atoms with Crippen LogP contribution in [0.2, 0.25) is 0 Å². The molecule has 0 aromatic heterocycles. The molecule has 0 spiro atoms. The Hall–Kier alpha value is -1.66. The van der Waals surface area contributed by atoms with Gasteiger partial charge in [0.25, 0.3) is 0 Å². The maximum absolute atomic E-state index is 6.14. The minimum atomic E-state index is -0.348. The van der Waals surface area contributed by atoms with Crippen molar-refractivity contribution < 1.29 is 9.57 Å². The maximum atomic E-state index is 6.14. The molecule has 1 aliphatic heterocycles. The Morgan fingerprint density at radius 3 is 2.25 bits per heavy atom. The Morgan fingerprint density at radius 1 is 0.929 bits per heavy atom. The maximum Gasteiger partial charge on any atom is 0.102 e. The van der Waals surface area contributed by atoms with Crippen LogP contribution < -0.4 is 5.06 Å². The zero-order valence-electron chi connectivity index (χ0n) is 15.3. The molecule has 3 aromatic carbocycles. The molecule has 2 atom stereocenters. The number of para-hydroxylation sites is 1. The van der Waals surface area contributed by atoms with E-state index in [2.05, 4.69) is 80.4 Å². The van der Waals surface area contributed by atoms with Crippen LogP contribution in [0.1, 0.15) is 17.2 Å². The number of ether oxygens (including phenoxy) is 1. The van der Waals surface area contributed by atoms with E-state index in [0.717, 1.165) is 15.7 Å². The van der Waals surface area contributed by atoms with Crippen molar-refractivity contribution in [3.05, 3.63) is 101 Å². The lowest BCUT2D eigenvalue weighted by Crippen LogP contribution is -2.37. The van der Waals surface area contributed by atoms with Crippen LogP contribution in [0.15, 0.2) is 89.4 Å². The molecular weight excluding hydrogens is 482 g/mol. The van der Waals surface area contributed by atoms with Gasteiger partial charge < -0.3 is 4.74 Å². The van der Waals surface area contributed by atoms with Crippen molar-refractivity contribution in [2.75, 3.05) is 18.3 Å². The summed E-state index contributed by atoms with van der Waals surface area (Å²) < 4.78 is 6.84. The second-order valence-electron chi connectivity index (χ2n) is 6.90. The third-order valence-corrected chi connectivity index (χ3v) is 6.24. The molecule has 28 heavy (non-hydrogen) atoms. The molecule has 1 fully saturated rings. The number of halogens is 2. The van der Waals surface area contributed by atoms with Crippen molar-refractivity contribution in [3.63, 3.8) is 0 Å². The van der Waals surface area contributed by atoms with Crippen molar-refractivity contribution >= 4 is 37.5 Å². The fourth-order valence-corrected chi connectivity index (χ4v) is 4.43. The van der Waals surface area contributed by atoms with E-state index in [1.165, 1.54) is 5.56 Å². The monoisotopic (exact) mass is 501 g/mol. The second kappa shape index (κ2) is 8.78. The first-order valence-electron chi connectivity index (χ1n) is 9.19. The molecule has 4 rings (SSSR count). The first-order valence-corrected chi connectivity index (χ1v) is 10.8. The minimum absolute atomic E-state index is 0.000942. The molecular formula is C23H21Br2NO2. The van der Waals surface area contributed by atoms with E-state index in [0.29, 0.717) is 19.8 Å². The Morgan fingerprint density at radius 2 is 1.57 bits per heavy atom. The summed E-state index contributed by atoms with van der Waals surface area (Å²) in [6, 6.07) is 28.8. The van der Waals surface area contributed by atoms with E-state index in [1.54, 1.807) is 0 Å². The van der Waals surface area contributed by atoms with Crippen LogP contribution in [0, 0.1) is 0 Å². The van der Waals surface area contributed by atoms with Gasteiger partial charge in [-0.15, -0.1) is 0 Å². The number of hydrogen-bond acceptors (Lipinski definition) is 3. The predicted molar refractivity (Wildman–Crippen MR) is 120 cm³/mol. The summed E-state index contributed by atoms with van der Waals surface area (Å²) in [5.74, 6) is 0. The fourth-order valence-electron chi connectivity index (χ4n) is 3.45. The van der Waals surface area contributed by atoms with Crippen molar-refractivity contribution in [2.24, 2.45) is 0 Å². The van der Waals surface area contributed by atoms with Gasteiger partial charge in [0.1, 0.15) is 10.4 Å². The van der Waals surface area contributed by atoms with Crippen LogP contribution in [0.25, 0.3) is 0 Å². The molecule has 3 nitrogen and oxygen atoms in total. The molecule has 3 aromatic rings. The molecule has 0 saturated carbocycles. The van der Waals surface area contributed by atoms with E-state index >= 15 is 0 Å². The molecule has 0 aliphatic carbocycles. The smallest absolute Gasteiger partial charge is 0.102 e. The van der Waals surface area contributed by atoms with Crippen molar-refractivity contribution in [2.45, 2.75) is 17.0 Å². The van der Waals surface area contributed by atoms with E-state index in [4.69, 9.17) is 9.57 Å². The molecule has 0 unspecified atom stereocenters. The first-order chi connectivity index (χ1) is 13.7. The topological polar surface area (TPSA) is 21.7 Å². The SMILES string of the molecule is Brc1ccc(COC[C@@]2(Br)CON(c3ccccc3)[C@@H]2c2ccccc2)cc1. The largest absolute Gasteiger partial charge is 0.375 e. The van der Waals surface area contributed by atoms with Crippen LogP contribution in [-0.4, -0.2) is 17.5 Å². The van der Waals surface area contributed by atoms with Gasteiger partial charge in [0.05, 0.1) is 25.5 Å². The molecule has 0 amide bonds. The normalized spacial score (nSPS) is 21.8. The van der Waals surface area contributed by atoms with Crippen molar-refractivity contribution in [3.8, 4) is 0 Å². The summed E-state index contributed by atoms with van der Waals surface area (Å²) >= 11 is 7.44. The van der Waals surface area contributed by atoms with Gasteiger partial charge in [-0.25, -0.2) is 5.06 Å². The van der Waals surface area contributed by atoms with Crippen molar-refractivity contribution in [1.82, 2.24) is 0 Å². The number of hydroxylamine groups is 1. The number of alkyl halides is 1. The highest BCUT2D eigenvalue weighted by atomic mass is 79.9. The van der Waals surface area contributed by atoms with E-state index in [1.807, 2.05) is 41.5 Å². The lowest BCUT2D eigenvalue weighted by atomic mass is 9.94. The van der Waals surface area contributed by atoms with Gasteiger partial charge in [0.2, 0.25) is 0 Å². The number of anilines is 1. The lowest BCUT2D eigenvalue weighted by molar-refractivity contribution is 0.0896. The van der Waals surface area contributed by atoms with Crippen LogP contribution in [0.5, 0.6) is 0 Å². The molecule has 1 heterocycles. The van der Waals surface area contributed by atoms with Crippen molar-refractivity contribution in [1.29, 1.82) is 0 Å². The summed E-state index contributed by atoms with van der Waals surface area (Å²) in [6.07, 6.45) is 0. The third kappa shape index (κ3) is 4.33. The molecule has 1 saturated heterocycles. The Labute approximate surface area is 182 Å². The highest BCUT2D eigenvalue weighted by Gasteiger charge is 2.48. The standard InChI is InChI=1S/C23H21Br2NO2/c24-20-13-11-18(12-14-20)15-27-16-23(25)17-28-26(21-9-5-2-6-10-21)22(23)19-7-3-1-4-8-19/h1-14,22H,15-17H2/t22-,23-/m1/s1. The quantitative estimate of drug-likeness (QED) is 0.369. The fraction of sp³-hybridized carbons (Fsp3) is 0.217. The molecule has 0 bridgehead atoms. The average molecular weight is 503 g/mol. The van der Waals surface area contributed by atoms with Crippen LogP contribution >= 0.6 is 31.9 Å². The number of nitrogens with zero attached hydrogens (tertiary/aromatic N) is 1. The molecule has 0 radical (unpaired) electrons. The van der Waals surface area contributed by atoms with Gasteiger partial charge >= 0.3 is 0 Å². The van der Waals surface area contributed by atoms with Crippen LogP contribution in [0.3, 0.4) is 0 Å². The second-order valence-corrected chi connectivity index (χ2v) is 9.40. The lowest BCUT2D eigenvalue weighted by Gasteiger charge is -2.32. The third-order valence-electron chi connectivity index (χ3n) is 4.82. The van der Waals surface area contributed by atoms with Gasteiger partial charge in [-0.05, 0) is 35.4 Å². The summed E-state index contributed by atoms with van der Waals surface area (Å²) in [5.41, 5.74) is 3.37. The average Bonchev–Trinajstić information content (AvgIpc) is 3.08. The molecule has 0 N–H and O–H groups in total. The molecule has 1 aliphatic rings. The zero-order valence-corrected chi connectivity index (χ0v) is 18.5.